The van der Waals surface area contributed by atoms with Gasteiger partial charge in [0, 0.05) is 13.1 Å². The van der Waals surface area contributed by atoms with Gasteiger partial charge in [-0.2, -0.15) is 14.8 Å². The van der Waals surface area contributed by atoms with E-state index in [-0.39, 0.29) is 4.90 Å². The van der Waals surface area contributed by atoms with Crippen molar-refractivity contribution in [2.45, 2.75) is 22.5 Å². The van der Waals surface area contributed by atoms with Gasteiger partial charge in [0.25, 0.3) is 0 Å². The number of nitrogens with zero attached hydrogens (tertiary/aromatic N) is 3. The van der Waals surface area contributed by atoms with Gasteiger partial charge in [-0.25, -0.2) is 8.42 Å². The summed E-state index contributed by atoms with van der Waals surface area (Å²) in [6.45, 7) is 0.654. The van der Waals surface area contributed by atoms with E-state index in [9.17, 15) is 13.7 Å². The zero-order valence-corrected chi connectivity index (χ0v) is 13.2. The Hall–Kier alpha value is -1.54. The number of rotatable bonds is 3. The van der Waals surface area contributed by atoms with Gasteiger partial charge in [0.15, 0.2) is 0 Å². The van der Waals surface area contributed by atoms with Crippen molar-refractivity contribution in [3.05, 3.63) is 29.8 Å². The third kappa shape index (κ3) is 3.06. The van der Waals surface area contributed by atoms with Crippen LogP contribution in [0.5, 0.6) is 0 Å². The standard InChI is InChI=1S/C14H15N3O2S2/c1-20-14(11-16)5-7-17(8-6-14)21(18,19)13-4-2-3-12(9-13)10-15/h2-4,9H,5-8H2,1H3. The molecule has 5 nitrogen and oxygen atoms in total. The minimum Gasteiger partial charge on any atom is -0.207 e. The van der Waals surface area contributed by atoms with Gasteiger partial charge >= 0.3 is 0 Å². The third-order valence-electron chi connectivity index (χ3n) is 3.73. The van der Waals surface area contributed by atoms with E-state index in [2.05, 4.69) is 6.07 Å². The molecule has 0 atom stereocenters. The molecule has 1 aliphatic rings. The Labute approximate surface area is 129 Å². The van der Waals surface area contributed by atoms with Gasteiger partial charge in [0.2, 0.25) is 10.0 Å². The predicted molar refractivity (Wildman–Crippen MR) is 81.0 cm³/mol. The number of sulfonamides is 1. The summed E-state index contributed by atoms with van der Waals surface area (Å²) in [5, 5.41) is 18.1. The lowest BCUT2D eigenvalue weighted by Crippen LogP contribution is -2.44. The highest BCUT2D eigenvalue weighted by atomic mass is 32.2. The van der Waals surface area contributed by atoms with E-state index in [0.717, 1.165) is 0 Å². The van der Waals surface area contributed by atoms with E-state index in [4.69, 9.17) is 5.26 Å². The number of benzene rings is 1. The molecule has 0 bridgehead atoms. The maximum absolute atomic E-state index is 12.6. The molecule has 0 aliphatic carbocycles. The van der Waals surface area contributed by atoms with E-state index < -0.39 is 14.8 Å². The predicted octanol–water partition coefficient (Wildman–Crippen LogP) is 1.97. The molecular formula is C14H15N3O2S2. The minimum absolute atomic E-state index is 0.134. The summed E-state index contributed by atoms with van der Waals surface area (Å²) in [6, 6.07) is 10.3. The molecule has 110 valence electrons. The molecule has 0 unspecified atom stereocenters. The van der Waals surface area contributed by atoms with Crippen molar-refractivity contribution in [1.82, 2.24) is 4.31 Å². The Bertz CT molecular complexity index is 708. The number of hydrogen-bond acceptors (Lipinski definition) is 5. The van der Waals surface area contributed by atoms with Crippen LogP contribution in [0.25, 0.3) is 0 Å². The number of hydrogen-bond donors (Lipinski definition) is 0. The molecule has 0 N–H and O–H groups in total. The molecule has 0 radical (unpaired) electrons. The summed E-state index contributed by atoms with van der Waals surface area (Å²) in [7, 11) is -3.60. The highest BCUT2D eigenvalue weighted by molar-refractivity contribution is 8.00. The van der Waals surface area contributed by atoms with Crippen LogP contribution in [0.4, 0.5) is 0 Å². The molecule has 1 fully saturated rings. The lowest BCUT2D eigenvalue weighted by Gasteiger charge is -2.35. The van der Waals surface area contributed by atoms with Crippen LogP contribution in [0.2, 0.25) is 0 Å². The van der Waals surface area contributed by atoms with Crippen LogP contribution in [0, 0.1) is 22.7 Å². The van der Waals surface area contributed by atoms with Gasteiger partial charge in [-0.3, -0.25) is 0 Å². The number of piperidine rings is 1. The summed E-state index contributed by atoms with van der Waals surface area (Å²) >= 11 is 1.48. The maximum atomic E-state index is 12.6. The summed E-state index contributed by atoms with van der Waals surface area (Å²) in [5.74, 6) is 0. The smallest absolute Gasteiger partial charge is 0.207 e. The molecule has 0 amide bonds. The van der Waals surface area contributed by atoms with Crippen LogP contribution >= 0.6 is 11.8 Å². The SMILES string of the molecule is CSC1(C#N)CCN(S(=O)(=O)c2cccc(C#N)c2)CC1. The molecule has 21 heavy (non-hydrogen) atoms. The van der Waals surface area contributed by atoms with E-state index in [0.29, 0.717) is 31.5 Å². The van der Waals surface area contributed by atoms with Crippen molar-refractivity contribution in [1.29, 1.82) is 10.5 Å². The monoisotopic (exact) mass is 321 g/mol. The van der Waals surface area contributed by atoms with E-state index in [1.807, 2.05) is 12.3 Å². The van der Waals surface area contributed by atoms with Gasteiger partial charge in [0.1, 0.15) is 4.75 Å². The second-order valence-corrected chi connectivity index (χ2v) is 7.98. The summed E-state index contributed by atoms with van der Waals surface area (Å²) < 4.78 is 26.1. The van der Waals surface area contributed by atoms with Crippen molar-refractivity contribution in [3.63, 3.8) is 0 Å². The third-order valence-corrected chi connectivity index (χ3v) is 6.90. The Balaban J connectivity index is 2.23. The Morgan fingerprint density at radius 3 is 2.48 bits per heavy atom. The van der Waals surface area contributed by atoms with Crippen molar-refractivity contribution in [3.8, 4) is 12.1 Å². The second kappa shape index (κ2) is 6.07. The first kappa shape index (κ1) is 15.8. The molecule has 7 heteroatoms. The molecule has 1 aromatic carbocycles. The largest absolute Gasteiger partial charge is 0.243 e. The topological polar surface area (TPSA) is 85.0 Å². The van der Waals surface area contributed by atoms with Crippen LogP contribution < -0.4 is 0 Å². The lowest BCUT2D eigenvalue weighted by atomic mass is 9.99. The van der Waals surface area contributed by atoms with Crippen LogP contribution in [-0.2, 0) is 10.0 Å². The molecule has 0 saturated carbocycles. The van der Waals surface area contributed by atoms with Gasteiger partial charge in [-0.1, -0.05) is 6.07 Å². The normalized spacial score (nSPS) is 18.6. The summed E-state index contributed by atoms with van der Waals surface area (Å²) in [6.07, 6.45) is 2.91. The van der Waals surface area contributed by atoms with Gasteiger partial charge in [-0.05, 0) is 37.3 Å². The first-order valence-corrected chi connectivity index (χ1v) is 9.11. The Morgan fingerprint density at radius 2 is 1.95 bits per heavy atom. The molecule has 0 aromatic heterocycles. The highest BCUT2D eigenvalue weighted by Crippen LogP contribution is 2.35. The van der Waals surface area contributed by atoms with E-state index in [1.165, 1.54) is 28.2 Å². The van der Waals surface area contributed by atoms with Crippen LogP contribution in [-0.4, -0.2) is 36.8 Å². The molecule has 1 aliphatic heterocycles. The average Bonchev–Trinajstić information content (AvgIpc) is 2.55. The molecule has 1 aromatic rings. The van der Waals surface area contributed by atoms with Gasteiger partial charge < -0.3 is 0 Å². The van der Waals surface area contributed by atoms with Crippen LogP contribution in [0.15, 0.2) is 29.2 Å². The number of nitriles is 2. The fraction of sp³-hybridized carbons (Fsp3) is 0.429. The van der Waals surface area contributed by atoms with E-state index in [1.54, 1.807) is 12.1 Å². The average molecular weight is 321 g/mol. The zero-order valence-electron chi connectivity index (χ0n) is 11.6. The molecule has 2 rings (SSSR count). The van der Waals surface area contributed by atoms with Crippen LogP contribution in [0.1, 0.15) is 18.4 Å². The van der Waals surface area contributed by atoms with Crippen molar-refractivity contribution in [2.75, 3.05) is 19.3 Å². The Morgan fingerprint density at radius 1 is 1.29 bits per heavy atom. The molecule has 0 spiro atoms. The molecule has 1 saturated heterocycles. The quantitative estimate of drug-likeness (QED) is 0.849. The highest BCUT2D eigenvalue weighted by Gasteiger charge is 2.38. The van der Waals surface area contributed by atoms with Gasteiger partial charge in [-0.15, -0.1) is 11.8 Å². The Kier molecular flexibility index (Phi) is 4.58. The zero-order chi connectivity index (χ0) is 15.5. The minimum atomic E-state index is -3.60. The fourth-order valence-corrected chi connectivity index (χ4v) is 4.49. The van der Waals surface area contributed by atoms with Crippen molar-refractivity contribution >= 4 is 21.8 Å². The lowest BCUT2D eigenvalue weighted by molar-refractivity contribution is 0.327. The molecule has 1 heterocycles. The second-order valence-electron chi connectivity index (χ2n) is 4.85. The number of thioether (sulfide) groups is 1. The van der Waals surface area contributed by atoms with E-state index >= 15 is 0 Å². The maximum Gasteiger partial charge on any atom is 0.243 e. The van der Waals surface area contributed by atoms with Crippen molar-refractivity contribution in [2.24, 2.45) is 0 Å². The van der Waals surface area contributed by atoms with Crippen LogP contribution in [0.3, 0.4) is 0 Å². The first-order valence-electron chi connectivity index (χ1n) is 6.44. The fourth-order valence-electron chi connectivity index (χ4n) is 2.32. The summed E-state index contributed by atoms with van der Waals surface area (Å²) in [4.78, 5) is 0.134. The van der Waals surface area contributed by atoms with Gasteiger partial charge in [0.05, 0.1) is 22.6 Å². The summed E-state index contributed by atoms with van der Waals surface area (Å²) in [5.41, 5.74) is 0.323. The first-order chi connectivity index (χ1) is 9.97. The molecular weight excluding hydrogens is 306 g/mol. The van der Waals surface area contributed by atoms with Crippen molar-refractivity contribution < 1.29 is 8.42 Å².